The van der Waals surface area contributed by atoms with Gasteiger partial charge in [-0.1, -0.05) is 18.2 Å². The topological polar surface area (TPSA) is 89.0 Å². The SMILES string of the molecule is O=C(O)C1CN(C(=O)C=Cc2ccc(OCc3cccnc3)cc2)CCO1. The third-order valence-corrected chi connectivity index (χ3v) is 4.08. The van der Waals surface area contributed by atoms with E-state index >= 15 is 0 Å². The molecule has 7 nitrogen and oxygen atoms in total. The van der Waals surface area contributed by atoms with Crippen LogP contribution in [0.2, 0.25) is 0 Å². The van der Waals surface area contributed by atoms with Gasteiger partial charge in [-0.3, -0.25) is 9.78 Å². The number of carbonyl (C=O) groups excluding carboxylic acids is 1. The van der Waals surface area contributed by atoms with E-state index in [0.29, 0.717) is 13.2 Å². The summed E-state index contributed by atoms with van der Waals surface area (Å²) in [4.78, 5) is 28.7. The molecule has 27 heavy (non-hydrogen) atoms. The van der Waals surface area contributed by atoms with Gasteiger partial charge in [0, 0.05) is 30.6 Å². The molecule has 7 heteroatoms. The average Bonchev–Trinajstić information content (AvgIpc) is 2.72. The Kier molecular flexibility index (Phi) is 6.17. The van der Waals surface area contributed by atoms with Crippen LogP contribution in [0.4, 0.5) is 0 Å². The van der Waals surface area contributed by atoms with Crippen molar-refractivity contribution in [3.63, 3.8) is 0 Å². The van der Waals surface area contributed by atoms with Gasteiger partial charge in [0.05, 0.1) is 13.2 Å². The van der Waals surface area contributed by atoms with Crippen LogP contribution in [0.1, 0.15) is 11.1 Å². The van der Waals surface area contributed by atoms with Crippen molar-refractivity contribution >= 4 is 18.0 Å². The minimum absolute atomic E-state index is 0.0552. The Morgan fingerprint density at radius 1 is 1.30 bits per heavy atom. The Balaban J connectivity index is 1.52. The monoisotopic (exact) mass is 368 g/mol. The molecule has 0 saturated carbocycles. The van der Waals surface area contributed by atoms with E-state index in [1.807, 2.05) is 36.4 Å². The molecule has 1 atom stereocenters. The first-order valence-corrected chi connectivity index (χ1v) is 8.55. The summed E-state index contributed by atoms with van der Waals surface area (Å²) in [5.41, 5.74) is 1.83. The minimum Gasteiger partial charge on any atom is -0.489 e. The predicted molar refractivity (Wildman–Crippen MR) is 98.0 cm³/mol. The highest BCUT2D eigenvalue weighted by Gasteiger charge is 2.27. The molecule has 0 aliphatic carbocycles. The van der Waals surface area contributed by atoms with Crippen LogP contribution in [0.25, 0.3) is 6.08 Å². The van der Waals surface area contributed by atoms with E-state index in [0.717, 1.165) is 16.9 Å². The standard InChI is InChI=1S/C20H20N2O5/c23-19(22-10-11-26-18(13-22)20(24)25)8-5-15-3-6-17(7-4-15)27-14-16-2-1-9-21-12-16/h1-9,12,18H,10-11,13-14H2,(H,24,25). The molecule has 2 aromatic rings. The number of carboxylic acids is 1. The van der Waals surface area contributed by atoms with E-state index in [1.165, 1.54) is 11.0 Å². The van der Waals surface area contributed by atoms with Crippen LogP contribution in [-0.2, 0) is 20.9 Å². The van der Waals surface area contributed by atoms with Crippen LogP contribution in [0.5, 0.6) is 5.75 Å². The van der Waals surface area contributed by atoms with Crippen LogP contribution in [-0.4, -0.2) is 52.7 Å². The van der Waals surface area contributed by atoms with E-state index in [9.17, 15) is 9.59 Å². The molecular formula is C20H20N2O5. The summed E-state index contributed by atoms with van der Waals surface area (Å²) in [6.07, 6.45) is 5.63. The molecule has 1 fully saturated rings. The largest absolute Gasteiger partial charge is 0.489 e. The van der Waals surface area contributed by atoms with Gasteiger partial charge in [-0.15, -0.1) is 0 Å². The Labute approximate surface area is 156 Å². The second-order valence-corrected chi connectivity index (χ2v) is 6.03. The van der Waals surface area contributed by atoms with E-state index < -0.39 is 12.1 Å². The molecule has 1 aromatic carbocycles. The average molecular weight is 368 g/mol. The van der Waals surface area contributed by atoms with Gasteiger partial charge in [0.25, 0.3) is 0 Å². The van der Waals surface area contributed by atoms with Crippen molar-refractivity contribution in [1.82, 2.24) is 9.88 Å². The lowest BCUT2D eigenvalue weighted by Gasteiger charge is -2.30. The number of morpholine rings is 1. The fourth-order valence-electron chi connectivity index (χ4n) is 2.60. The first-order valence-electron chi connectivity index (χ1n) is 8.55. The van der Waals surface area contributed by atoms with Gasteiger partial charge >= 0.3 is 5.97 Å². The number of aliphatic carboxylic acids is 1. The maximum atomic E-state index is 12.2. The van der Waals surface area contributed by atoms with Crippen molar-refractivity contribution in [2.75, 3.05) is 19.7 Å². The summed E-state index contributed by atoms with van der Waals surface area (Å²) >= 11 is 0. The van der Waals surface area contributed by atoms with Crippen LogP contribution >= 0.6 is 0 Å². The van der Waals surface area contributed by atoms with E-state index in [4.69, 9.17) is 14.6 Å². The Bertz CT molecular complexity index is 805. The van der Waals surface area contributed by atoms with Crippen molar-refractivity contribution in [2.45, 2.75) is 12.7 Å². The molecule has 1 unspecified atom stereocenters. The molecule has 1 amide bonds. The normalized spacial score (nSPS) is 17.0. The molecule has 2 heterocycles. The van der Waals surface area contributed by atoms with Gasteiger partial charge in [-0.25, -0.2) is 4.79 Å². The fraction of sp³-hybridized carbons (Fsp3) is 0.250. The van der Waals surface area contributed by atoms with Gasteiger partial charge in [-0.05, 0) is 29.8 Å². The zero-order chi connectivity index (χ0) is 19.1. The number of benzene rings is 1. The molecule has 0 radical (unpaired) electrons. The molecule has 0 bridgehead atoms. The van der Waals surface area contributed by atoms with Crippen molar-refractivity contribution in [3.8, 4) is 5.75 Å². The Morgan fingerprint density at radius 2 is 2.11 bits per heavy atom. The third kappa shape index (κ3) is 5.39. The Morgan fingerprint density at radius 3 is 2.81 bits per heavy atom. The zero-order valence-electron chi connectivity index (χ0n) is 14.7. The van der Waals surface area contributed by atoms with Crippen molar-refractivity contribution in [1.29, 1.82) is 0 Å². The number of hydrogen-bond acceptors (Lipinski definition) is 5. The smallest absolute Gasteiger partial charge is 0.334 e. The summed E-state index contributed by atoms with van der Waals surface area (Å²) in [6, 6.07) is 11.2. The summed E-state index contributed by atoms with van der Waals surface area (Å²) in [7, 11) is 0. The van der Waals surface area contributed by atoms with Gasteiger partial charge in [0.15, 0.2) is 6.10 Å². The van der Waals surface area contributed by atoms with Gasteiger partial charge in [0.2, 0.25) is 5.91 Å². The third-order valence-electron chi connectivity index (χ3n) is 4.08. The van der Waals surface area contributed by atoms with E-state index in [2.05, 4.69) is 4.98 Å². The van der Waals surface area contributed by atoms with Crippen molar-refractivity contribution in [3.05, 3.63) is 66.0 Å². The zero-order valence-corrected chi connectivity index (χ0v) is 14.7. The number of nitrogens with zero attached hydrogens (tertiary/aromatic N) is 2. The number of rotatable bonds is 6. The quantitative estimate of drug-likeness (QED) is 0.785. The first-order chi connectivity index (χ1) is 13.1. The van der Waals surface area contributed by atoms with Gasteiger partial charge in [-0.2, -0.15) is 0 Å². The highest BCUT2D eigenvalue weighted by atomic mass is 16.5. The summed E-state index contributed by atoms with van der Waals surface area (Å²) in [5.74, 6) is -0.570. The number of aromatic nitrogens is 1. The van der Waals surface area contributed by atoms with Gasteiger partial charge < -0.3 is 19.5 Å². The second kappa shape index (κ2) is 8.95. The molecular weight excluding hydrogens is 348 g/mol. The number of carboxylic acid groups (broad SMARTS) is 1. The van der Waals surface area contributed by atoms with Crippen molar-refractivity contribution in [2.24, 2.45) is 0 Å². The number of amides is 1. The number of carbonyl (C=O) groups is 2. The molecule has 1 N–H and O–H groups in total. The van der Waals surface area contributed by atoms with E-state index in [1.54, 1.807) is 18.5 Å². The molecule has 1 saturated heterocycles. The lowest BCUT2D eigenvalue weighted by atomic mass is 10.2. The first kappa shape index (κ1) is 18.6. The summed E-state index contributed by atoms with van der Waals surface area (Å²) in [5, 5.41) is 8.99. The van der Waals surface area contributed by atoms with E-state index in [-0.39, 0.29) is 19.1 Å². The highest BCUT2D eigenvalue weighted by molar-refractivity contribution is 5.92. The van der Waals surface area contributed by atoms with Crippen molar-refractivity contribution < 1.29 is 24.2 Å². The van der Waals surface area contributed by atoms with Crippen LogP contribution in [0.15, 0.2) is 54.9 Å². The maximum absolute atomic E-state index is 12.2. The maximum Gasteiger partial charge on any atom is 0.334 e. The molecule has 1 aromatic heterocycles. The number of pyridine rings is 1. The van der Waals surface area contributed by atoms with Crippen LogP contribution in [0, 0.1) is 0 Å². The lowest BCUT2D eigenvalue weighted by Crippen LogP contribution is -2.48. The predicted octanol–water partition coefficient (Wildman–Crippen LogP) is 1.99. The van der Waals surface area contributed by atoms with Gasteiger partial charge in [0.1, 0.15) is 12.4 Å². The molecule has 3 rings (SSSR count). The minimum atomic E-state index is -1.06. The molecule has 0 spiro atoms. The number of ether oxygens (including phenoxy) is 2. The van der Waals surface area contributed by atoms with Crippen LogP contribution < -0.4 is 4.74 Å². The lowest BCUT2D eigenvalue weighted by molar-refractivity contribution is -0.158. The Hall–Kier alpha value is -3.19. The number of hydrogen-bond donors (Lipinski definition) is 1. The highest BCUT2D eigenvalue weighted by Crippen LogP contribution is 2.15. The van der Waals surface area contributed by atoms with Crippen LogP contribution in [0.3, 0.4) is 0 Å². The molecule has 1 aliphatic heterocycles. The molecule has 1 aliphatic rings. The second-order valence-electron chi connectivity index (χ2n) is 6.03. The summed E-state index contributed by atoms with van der Waals surface area (Å²) < 4.78 is 10.8. The summed E-state index contributed by atoms with van der Waals surface area (Å²) in [6.45, 7) is 1.09. The fourth-order valence-corrected chi connectivity index (χ4v) is 2.60. The molecule has 140 valence electrons.